The Morgan fingerprint density at radius 1 is 0.304 bits per heavy atom. The molecule has 0 unspecified atom stereocenters. The minimum Gasteiger partial charge on any atom is -0.456 e. The first-order valence-electron chi connectivity index (χ1n) is 19.2. The van der Waals surface area contributed by atoms with E-state index in [0.29, 0.717) is 0 Å². The normalized spacial score (nSPS) is 11.6. The summed E-state index contributed by atoms with van der Waals surface area (Å²) in [5.41, 5.74) is 12.0. The Labute approximate surface area is 325 Å². The second kappa shape index (κ2) is 13.2. The Kier molecular flexibility index (Phi) is 7.53. The van der Waals surface area contributed by atoms with Gasteiger partial charge in [-0.2, -0.15) is 0 Å². The standard InChI is InChI=1S/C54H35NO/c1-3-15-36(16-4-1)43-32-30-41(35-48(43)37-17-5-2-6-18-37)55(51-27-13-24-44-42-22-10-9-19-38(42)29-31-46(44)51)50-26-12-11-23-45(50)47-25-14-28-52-54(47)49-33-39-20-7-8-21-40(39)34-53(49)56-52/h1-35H. The Balaban J connectivity index is 1.21. The summed E-state index contributed by atoms with van der Waals surface area (Å²) in [5, 5.41) is 9.49. The van der Waals surface area contributed by atoms with Crippen LogP contribution in [0.1, 0.15) is 0 Å². The molecule has 0 radical (unpaired) electrons. The van der Waals surface area contributed by atoms with Gasteiger partial charge in [0.05, 0.1) is 11.4 Å². The summed E-state index contributed by atoms with van der Waals surface area (Å²) >= 11 is 0. The molecular formula is C54H35NO. The molecule has 11 aromatic rings. The molecule has 0 atom stereocenters. The summed E-state index contributed by atoms with van der Waals surface area (Å²) in [6, 6.07) is 76.6. The molecule has 0 aliphatic rings. The van der Waals surface area contributed by atoms with Crippen LogP contribution in [0.5, 0.6) is 0 Å². The van der Waals surface area contributed by atoms with Crippen molar-refractivity contribution in [2.24, 2.45) is 0 Å². The number of furan rings is 1. The van der Waals surface area contributed by atoms with Gasteiger partial charge in [0.2, 0.25) is 0 Å². The molecule has 0 bridgehead atoms. The summed E-state index contributed by atoms with van der Waals surface area (Å²) in [6.45, 7) is 0. The zero-order valence-corrected chi connectivity index (χ0v) is 30.6. The predicted octanol–water partition coefficient (Wildman–Crippen LogP) is 15.5. The molecule has 0 aliphatic heterocycles. The molecule has 56 heavy (non-hydrogen) atoms. The van der Waals surface area contributed by atoms with E-state index in [1.165, 1.54) is 54.6 Å². The summed E-state index contributed by atoms with van der Waals surface area (Å²) in [6.07, 6.45) is 0. The van der Waals surface area contributed by atoms with Crippen LogP contribution in [0.3, 0.4) is 0 Å². The first-order valence-corrected chi connectivity index (χ1v) is 19.2. The highest BCUT2D eigenvalue weighted by molar-refractivity contribution is 6.18. The maximum absolute atomic E-state index is 6.60. The minimum absolute atomic E-state index is 0.879. The van der Waals surface area contributed by atoms with Crippen molar-refractivity contribution in [3.63, 3.8) is 0 Å². The number of fused-ring (bicyclic) bond motifs is 7. The van der Waals surface area contributed by atoms with Gasteiger partial charge in [0, 0.05) is 27.4 Å². The van der Waals surface area contributed by atoms with Crippen molar-refractivity contribution < 1.29 is 4.42 Å². The van der Waals surface area contributed by atoms with Crippen LogP contribution in [0.2, 0.25) is 0 Å². The largest absolute Gasteiger partial charge is 0.456 e. The van der Waals surface area contributed by atoms with E-state index in [-0.39, 0.29) is 0 Å². The third-order valence-corrected chi connectivity index (χ3v) is 11.2. The summed E-state index contributed by atoms with van der Waals surface area (Å²) < 4.78 is 6.60. The van der Waals surface area contributed by atoms with Crippen LogP contribution in [-0.2, 0) is 0 Å². The van der Waals surface area contributed by atoms with Crippen molar-refractivity contribution in [2.45, 2.75) is 0 Å². The third-order valence-electron chi connectivity index (χ3n) is 11.2. The fraction of sp³-hybridized carbons (Fsp3) is 0. The second-order valence-electron chi connectivity index (χ2n) is 14.4. The van der Waals surface area contributed by atoms with Crippen LogP contribution >= 0.6 is 0 Å². The SMILES string of the molecule is c1ccc(-c2ccc(N(c3ccccc3-c3cccc4oc5cc6ccccc6cc5c34)c3cccc4c3ccc3ccccc34)cc2-c2ccccc2)cc1. The smallest absolute Gasteiger partial charge is 0.136 e. The van der Waals surface area contributed by atoms with Crippen LogP contribution in [0.15, 0.2) is 217 Å². The predicted molar refractivity (Wildman–Crippen MR) is 237 cm³/mol. The highest BCUT2D eigenvalue weighted by Crippen LogP contribution is 2.48. The number of rotatable bonds is 6. The Morgan fingerprint density at radius 3 is 1.75 bits per heavy atom. The first kappa shape index (κ1) is 32.0. The quantitative estimate of drug-likeness (QED) is 0.160. The number of hydrogen-bond donors (Lipinski definition) is 0. The molecule has 0 aliphatic carbocycles. The lowest BCUT2D eigenvalue weighted by Gasteiger charge is -2.30. The van der Waals surface area contributed by atoms with Crippen LogP contribution in [0.25, 0.3) is 87.6 Å². The van der Waals surface area contributed by atoms with Crippen LogP contribution in [0.4, 0.5) is 17.1 Å². The molecule has 1 aromatic heterocycles. The van der Waals surface area contributed by atoms with E-state index in [1.807, 2.05) is 0 Å². The van der Waals surface area contributed by atoms with Gasteiger partial charge in [-0.3, -0.25) is 0 Å². The van der Waals surface area contributed by atoms with Gasteiger partial charge < -0.3 is 9.32 Å². The van der Waals surface area contributed by atoms with Crippen molar-refractivity contribution in [3.05, 3.63) is 212 Å². The van der Waals surface area contributed by atoms with Gasteiger partial charge in [0.25, 0.3) is 0 Å². The third kappa shape index (κ3) is 5.26. The molecule has 2 heteroatoms. The Bertz CT molecular complexity index is 3250. The highest BCUT2D eigenvalue weighted by Gasteiger charge is 2.23. The van der Waals surface area contributed by atoms with Crippen molar-refractivity contribution >= 4 is 71.3 Å². The number of hydrogen-bond acceptors (Lipinski definition) is 2. The fourth-order valence-corrected chi connectivity index (χ4v) is 8.66. The first-order chi connectivity index (χ1) is 27.8. The number of para-hydroxylation sites is 1. The zero-order valence-electron chi connectivity index (χ0n) is 30.6. The molecule has 10 aromatic carbocycles. The van der Waals surface area contributed by atoms with Crippen LogP contribution in [-0.4, -0.2) is 0 Å². The minimum atomic E-state index is 0.879. The van der Waals surface area contributed by atoms with E-state index in [1.54, 1.807) is 0 Å². The lowest BCUT2D eigenvalue weighted by atomic mass is 9.92. The van der Waals surface area contributed by atoms with Crippen molar-refractivity contribution in [3.8, 4) is 33.4 Å². The maximum Gasteiger partial charge on any atom is 0.136 e. The summed E-state index contributed by atoms with van der Waals surface area (Å²) in [4.78, 5) is 2.46. The van der Waals surface area contributed by atoms with Crippen molar-refractivity contribution in [2.75, 3.05) is 4.90 Å². The topological polar surface area (TPSA) is 16.4 Å². The van der Waals surface area contributed by atoms with Crippen LogP contribution < -0.4 is 4.90 Å². The highest BCUT2D eigenvalue weighted by atomic mass is 16.3. The van der Waals surface area contributed by atoms with Crippen molar-refractivity contribution in [1.29, 1.82) is 0 Å². The lowest BCUT2D eigenvalue weighted by molar-refractivity contribution is 0.669. The van der Waals surface area contributed by atoms with Gasteiger partial charge in [-0.25, -0.2) is 0 Å². The Morgan fingerprint density at radius 2 is 0.929 bits per heavy atom. The van der Waals surface area contributed by atoms with E-state index < -0.39 is 0 Å². The molecule has 0 saturated carbocycles. The molecule has 0 fully saturated rings. The maximum atomic E-state index is 6.60. The van der Waals surface area contributed by atoms with E-state index in [9.17, 15) is 0 Å². The average Bonchev–Trinajstić information content (AvgIpc) is 3.64. The number of anilines is 3. The molecule has 2 nitrogen and oxygen atoms in total. The van der Waals surface area contributed by atoms with E-state index in [4.69, 9.17) is 4.42 Å². The molecule has 11 rings (SSSR count). The van der Waals surface area contributed by atoms with Gasteiger partial charge >= 0.3 is 0 Å². The van der Waals surface area contributed by atoms with E-state index in [0.717, 1.165) is 50.1 Å². The second-order valence-corrected chi connectivity index (χ2v) is 14.4. The molecule has 0 N–H and O–H groups in total. The molecule has 262 valence electrons. The molecule has 0 spiro atoms. The monoisotopic (exact) mass is 713 g/mol. The fourth-order valence-electron chi connectivity index (χ4n) is 8.66. The van der Waals surface area contributed by atoms with Gasteiger partial charge in [-0.15, -0.1) is 0 Å². The van der Waals surface area contributed by atoms with Gasteiger partial charge in [0.15, 0.2) is 0 Å². The number of benzene rings is 10. The van der Waals surface area contributed by atoms with Gasteiger partial charge in [-0.05, 0) is 97.2 Å². The number of nitrogens with zero attached hydrogens (tertiary/aromatic N) is 1. The lowest BCUT2D eigenvalue weighted by Crippen LogP contribution is -2.12. The van der Waals surface area contributed by atoms with Crippen LogP contribution in [0, 0.1) is 0 Å². The molecule has 0 saturated heterocycles. The van der Waals surface area contributed by atoms with E-state index in [2.05, 4.69) is 217 Å². The molecular weight excluding hydrogens is 679 g/mol. The zero-order chi connectivity index (χ0) is 37.0. The Hall–Kier alpha value is -7.42. The average molecular weight is 714 g/mol. The summed E-state index contributed by atoms with van der Waals surface area (Å²) in [5.74, 6) is 0. The van der Waals surface area contributed by atoms with E-state index >= 15 is 0 Å². The molecule has 0 amide bonds. The molecule has 1 heterocycles. The van der Waals surface area contributed by atoms with Gasteiger partial charge in [0.1, 0.15) is 11.2 Å². The summed E-state index contributed by atoms with van der Waals surface area (Å²) in [7, 11) is 0. The van der Waals surface area contributed by atoms with Crippen molar-refractivity contribution in [1.82, 2.24) is 0 Å². The van der Waals surface area contributed by atoms with Gasteiger partial charge in [-0.1, -0.05) is 170 Å².